The van der Waals surface area contributed by atoms with Crippen LogP contribution in [0.25, 0.3) is 0 Å². The predicted octanol–water partition coefficient (Wildman–Crippen LogP) is 1.51. The number of anilines is 1. The summed E-state index contributed by atoms with van der Waals surface area (Å²) >= 11 is 0. The van der Waals surface area contributed by atoms with Crippen LogP contribution in [0.15, 0.2) is 12.3 Å². The van der Waals surface area contributed by atoms with Crippen LogP contribution in [-0.2, 0) is 0 Å². The fraction of sp³-hybridized carbons (Fsp3) is 0.583. The fourth-order valence-electron chi connectivity index (χ4n) is 2.05. The number of aliphatic hydroxyl groups is 1. The Hall–Kier alpha value is -1.69. The van der Waals surface area contributed by atoms with Gasteiger partial charge in [0.25, 0.3) is 0 Å². The van der Waals surface area contributed by atoms with Gasteiger partial charge in [0.05, 0.1) is 18.0 Å². The van der Waals surface area contributed by atoms with E-state index in [4.69, 9.17) is 0 Å². The lowest BCUT2D eigenvalue weighted by Crippen LogP contribution is -2.65. The van der Waals surface area contributed by atoms with E-state index in [1.54, 1.807) is 18.0 Å². The summed E-state index contributed by atoms with van der Waals surface area (Å²) < 4.78 is 0. The van der Waals surface area contributed by atoms with Crippen molar-refractivity contribution in [2.24, 2.45) is 5.92 Å². The second-order valence-electron chi connectivity index (χ2n) is 5.23. The number of aromatic nitrogens is 1. The lowest BCUT2D eigenvalue weighted by Gasteiger charge is -2.49. The Kier molecular flexibility index (Phi) is 2.98. The minimum atomic E-state index is -0.763. The molecule has 1 aromatic heterocycles. The number of β-amino-alcohol motifs (C(OH)–C–C–N with tert-alkyl or cyclic N) is 1. The molecule has 0 aliphatic carbocycles. The second kappa shape index (κ2) is 4.20. The van der Waals surface area contributed by atoms with E-state index in [1.165, 1.54) is 6.07 Å². The monoisotopic (exact) mass is 251 g/mol. The minimum Gasteiger partial charge on any atom is -0.386 e. The third-order valence-corrected chi connectivity index (χ3v) is 3.48. The highest BCUT2D eigenvalue weighted by Gasteiger charge is 2.46. The van der Waals surface area contributed by atoms with Gasteiger partial charge in [-0.25, -0.2) is 4.98 Å². The van der Waals surface area contributed by atoms with E-state index in [2.05, 4.69) is 4.98 Å². The summed E-state index contributed by atoms with van der Waals surface area (Å²) in [5.74, 6) is 0.467. The van der Waals surface area contributed by atoms with Crippen LogP contribution in [0.4, 0.5) is 11.5 Å². The van der Waals surface area contributed by atoms with Crippen molar-refractivity contribution in [3.8, 4) is 0 Å². The zero-order valence-electron chi connectivity index (χ0n) is 10.8. The highest BCUT2D eigenvalue weighted by Crippen LogP contribution is 2.36. The predicted molar refractivity (Wildman–Crippen MR) is 67.6 cm³/mol. The molecule has 6 heteroatoms. The number of pyridine rings is 1. The van der Waals surface area contributed by atoms with E-state index in [9.17, 15) is 15.2 Å². The first-order valence-electron chi connectivity index (χ1n) is 5.92. The highest BCUT2D eigenvalue weighted by molar-refractivity contribution is 5.60. The van der Waals surface area contributed by atoms with Gasteiger partial charge in [-0.15, -0.1) is 0 Å². The Balaban J connectivity index is 2.24. The molecule has 2 heterocycles. The Morgan fingerprint density at radius 2 is 2.17 bits per heavy atom. The molecule has 1 fully saturated rings. The number of nitrogens with zero attached hydrogens (tertiary/aromatic N) is 3. The van der Waals surface area contributed by atoms with Gasteiger partial charge in [0.15, 0.2) is 0 Å². The van der Waals surface area contributed by atoms with Crippen LogP contribution in [0.3, 0.4) is 0 Å². The number of hydrogen-bond acceptors (Lipinski definition) is 5. The topological polar surface area (TPSA) is 79.5 Å². The smallest absolute Gasteiger partial charge is 0.311 e. The molecule has 1 aromatic rings. The molecule has 0 unspecified atom stereocenters. The molecule has 1 saturated heterocycles. The van der Waals surface area contributed by atoms with Gasteiger partial charge in [0.2, 0.25) is 5.82 Å². The quantitative estimate of drug-likeness (QED) is 0.650. The number of rotatable bonds is 3. The van der Waals surface area contributed by atoms with E-state index >= 15 is 0 Å². The molecular formula is C12H17N3O3. The normalized spacial score (nSPS) is 17.7. The van der Waals surface area contributed by atoms with Crippen molar-refractivity contribution in [3.63, 3.8) is 0 Å². The van der Waals surface area contributed by atoms with E-state index in [1.807, 2.05) is 13.8 Å². The van der Waals surface area contributed by atoms with E-state index in [-0.39, 0.29) is 11.6 Å². The fourth-order valence-corrected chi connectivity index (χ4v) is 2.05. The first-order chi connectivity index (χ1) is 8.33. The molecule has 0 spiro atoms. The number of aryl methyl sites for hydroxylation is 1. The lowest BCUT2D eigenvalue weighted by atomic mass is 9.83. The van der Waals surface area contributed by atoms with Crippen LogP contribution in [0.5, 0.6) is 0 Å². The third-order valence-electron chi connectivity index (χ3n) is 3.48. The summed E-state index contributed by atoms with van der Waals surface area (Å²) in [6.45, 7) is 6.43. The zero-order valence-corrected chi connectivity index (χ0v) is 10.8. The Morgan fingerprint density at radius 3 is 2.67 bits per heavy atom. The van der Waals surface area contributed by atoms with Gasteiger partial charge in [-0.1, -0.05) is 13.8 Å². The summed E-state index contributed by atoms with van der Waals surface area (Å²) in [4.78, 5) is 16.4. The van der Waals surface area contributed by atoms with Crippen molar-refractivity contribution in [2.75, 3.05) is 18.0 Å². The molecule has 98 valence electrons. The van der Waals surface area contributed by atoms with Gasteiger partial charge < -0.3 is 10.0 Å². The zero-order chi connectivity index (χ0) is 13.5. The lowest BCUT2D eigenvalue weighted by molar-refractivity contribution is -0.384. The largest absolute Gasteiger partial charge is 0.386 e. The second-order valence-corrected chi connectivity index (χ2v) is 5.23. The molecule has 0 bridgehead atoms. The first-order valence-corrected chi connectivity index (χ1v) is 5.92. The van der Waals surface area contributed by atoms with Crippen molar-refractivity contribution in [1.29, 1.82) is 0 Å². The molecule has 18 heavy (non-hydrogen) atoms. The summed E-state index contributed by atoms with van der Waals surface area (Å²) in [6.07, 6.45) is 1.61. The van der Waals surface area contributed by atoms with Crippen LogP contribution >= 0.6 is 0 Å². The standard InChI is InChI=1S/C12H17N3O3/c1-8(2)12(16)6-14(7-12)11-10(15(17)18)4-9(3)5-13-11/h4-5,8,16H,6-7H2,1-3H3. The van der Waals surface area contributed by atoms with E-state index in [0.717, 1.165) is 5.56 Å². The maximum atomic E-state index is 11.0. The van der Waals surface area contributed by atoms with Gasteiger partial charge in [-0.05, 0) is 18.4 Å². The summed E-state index contributed by atoms with van der Waals surface area (Å²) in [5.41, 5.74) is -0.00799. The van der Waals surface area contributed by atoms with Crippen molar-refractivity contribution in [1.82, 2.24) is 4.98 Å². The molecule has 1 N–H and O–H groups in total. The van der Waals surface area contributed by atoms with Crippen molar-refractivity contribution in [3.05, 3.63) is 27.9 Å². The van der Waals surface area contributed by atoms with Crippen LogP contribution in [0, 0.1) is 23.0 Å². The Labute approximate surface area is 105 Å². The summed E-state index contributed by atoms with van der Waals surface area (Å²) in [6, 6.07) is 1.51. The minimum absolute atomic E-state index is 0.000746. The van der Waals surface area contributed by atoms with Crippen LogP contribution in [0.2, 0.25) is 0 Å². The molecule has 0 atom stereocenters. The SMILES string of the molecule is Cc1cnc(N2CC(O)(C(C)C)C2)c([N+](=O)[O-])c1. The molecule has 6 nitrogen and oxygen atoms in total. The van der Waals surface area contributed by atoms with Crippen LogP contribution < -0.4 is 4.90 Å². The van der Waals surface area contributed by atoms with Gasteiger partial charge in [0, 0.05) is 12.3 Å². The summed E-state index contributed by atoms with van der Waals surface area (Å²) in [5, 5.41) is 21.2. The highest BCUT2D eigenvalue weighted by atomic mass is 16.6. The van der Waals surface area contributed by atoms with E-state index < -0.39 is 10.5 Å². The maximum Gasteiger partial charge on any atom is 0.311 e. The Bertz CT molecular complexity index is 481. The number of nitro groups is 1. The summed E-state index contributed by atoms with van der Waals surface area (Å²) in [7, 11) is 0. The third kappa shape index (κ3) is 2.03. The molecular weight excluding hydrogens is 234 g/mol. The van der Waals surface area contributed by atoms with Crippen LogP contribution in [-0.4, -0.2) is 33.7 Å². The van der Waals surface area contributed by atoms with Gasteiger partial charge >= 0.3 is 5.69 Å². The Morgan fingerprint density at radius 1 is 1.56 bits per heavy atom. The molecule has 0 aromatic carbocycles. The molecule has 0 amide bonds. The van der Waals surface area contributed by atoms with E-state index in [0.29, 0.717) is 18.9 Å². The number of hydrogen-bond donors (Lipinski definition) is 1. The average Bonchev–Trinajstić information content (AvgIpc) is 2.24. The van der Waals surface area contributed by atoms with Crippen molar-refractivity contribution < 1.29 is 10.0 Å². The van der Waals surface area contributed by atoms with Crippen molar-refractivity contribution in [2.45, 2.75) is 26.4 Å². The molecule has 2 rings (SSSR count). The average molecular weight is 251 g/mol. The molecule has 1 aliphatic rings. The molecule has 0 radical (unpaired) electrons. The molecule has 1 aliphatic heterocycles. The molecule has 0 saturated carbocycles. The van der Waals surface area contributed by atoms with Gasteiger partial charge in [0.1, 0.15) is 5.60 Å². The van der Waals surface area contributed by atoms with Crippen molar-refractivity contribution >= 4 is 11.5 Å². The van der Waals surface area contributed by atoms with Crippen LogP contribution in [0.1, 0.15) is 19.4 Å². The maximum absolute atomic E-state index is 11.0. The van der Waals surface area contributed by atoms with Gasteiger partial charge in [-0.3, -0.25) is 10.1 Å². The first kappa shape index (κ1) is 12.8. The van der Waals surface area contributed by atoms with Gasteiger partial charge in [-0.2, -0.15) is 0 Å².